The van der Waals surface area contributed by atoms with Crippen molar-refractivity contribution in [2.24, 2.45) is 0 Å². The Morgan fingerprint density at radius 3 is 2.36 bits per heavy atom. The number of hydrogen-bond acceptors (Lipinski definition) is 2. The van der Waals surface area contributed by atoms with Crippen molar-refractivity contribution in [2.45, 2.75) is 11.8 Å². The second-order valence-electron chi connectivity index (χ2n) is 2.28. The van der Waals surface area contributed by atoms with Crippen molar-refractivity contribution < 1.29 is 4.21 Å². The largest absolute Gasteiger partial charge is 0.249 e. The maximum absolute atomic E-state index is 11.4. The first kappa shape index (κ1) is 8.27. The van der Waals surface area contributed by atoms with Gasteiger partial charge in [0.05, 0.1) is 9.73 Å². The lowest BCUT2D eigenvalue weighted by Crippen LogP contribution is -2.00. The van der Waals surface area contributed by atoms with E-state index in [1.54, 1.807) is 31.2 Å². The van der Waals surface area contributed by atoms with E-state index in [-0.39, 0.29) is 0 Å². The fraction of sp³-hybridized carbons (Fsp3) is 0.250. The van der Waals surface area contributed by atoms with Crippen LogP contribution in [0.1, 0.15) is 6.92 Å². The second kappa shape index (κ2) is 3.05. The Hall–Kier alpha value is -0.830. The summed E-state index contributed by atoms with van der Waals surface area (Å²) < 4.78 is 18.9. The molecule has 0 saturated heterocycles. The molecule has 0 spiro atoms. The van der Waals surface area contributed by atoms with Gasteiger partial charge in [-0.05, 0) is 12.1 Å². The normalized spacial score (nSPS) is 15.7. The van der Waals surface area contributed by atoms with Crippen molar-refractivity contribution in [1.29, 1.82) is 4.78 Å². The Kier molecular flexibility index (Phi) is 2.29. The van der Waals surface area contributed by atoms with E-state index >= 15 is 0 Å². The Balaban J connectivity index is 3.14. The van der Waals surface area contributed by atoms with Crippen molar-refractivity contribution in [2.75, 3.05) is 5.75 Å². The van der Waals surface area contributed by atoms with Crippen molar-refractivity contribution in [3.8, 4) is 0 Å². The molecule has 1 aromatic carbocycles. The summed E-state index contributed by atoms with van der Waals surface area (Å²) in [6.45, 7) is 1.77. The van der Waals surface area contributed by atoms with Crippen LogP contribution in [0.25, 0.3) is 0 Å². The molecule has 0 amide bonds. The third kappa shape index (κ3) is 1.80. The van der Waals surface area contributed by atoms with Crippen molar-refractivity contribution >= 4 is 9.73 Å². The maximum Gasteiger partial charge on any atom is 0.0723 e. The highest BCUT2D eigenvalue weighted by molar-refractivity contribution is 7.92. The second-order valence-corrected chi connectivity index (χ2v) is 4.68. The van der Waals surface area contributed by atoms with Gasteiger partial charge in [0.1, 0.15) is 0 Å². The van der Waals surface area contributed by atoms with Gasteiger partial charge in [0.15, 0.2) is 0 Å². The van der Waals surface area contributed by atoms with Crippen LogP contribution >= 0.6 is 0 Å². The first-order valence-corrected chi connectivity index (χ1v) is 5.21. The van der Waals surface area contributed by atoms with E-state index in [9.17, 15) is 4.21 Å². The molecule has 0 bridgehead atoms. The van der Waals surface area contributed by atoms with Crippen molar-refractivity contribution in [3.05, 3.63) is 30.3 Å². The van der Waals surface area contributed by atoms with Crippen LogP contribution in [0.3, 0.4) is 0 Å². The van der Waals surface area contributed by atoms with Gasteiger partial charge in [0.2, 0.25) is 0 Å². The predicted molar refractivity (Wildman–Crippen MR) is 46.1 cm³/mol. The van der Waals surface area contributed by atoms with Crippen LogP contribution in [-0.2, 0) is 9.73 Å². The third-order valence-corrected chi connectivity index (χ3v) is 3.38. The number of nitrogens with one attached hydrogen (secondary N) is 1. The number of benzene rings is 1. The minimum Gasteiger partial charge on any atom is -0.249 e. The standard InChI is InChI=1S/C8H11NOS/c1-2-11(9,10)8-6-4-3-5-7-8/h3-7,9H,2H2,1H3/t11-/m1/s1. The Bertz CT molecular complexity index is 315. The number of hydrogen-bond donors (Lipinski definition) is 1. The Labute approximate surface area is 67.2 Å². The van der Waals surface area contributed by atoms with E-state index in [0.29, 0.717) is 10.6 Å². The molecule has 0 aliphatic rings. The molecule has 0 radical (unpaired) electrons. The van der Waals surface area contributed by atoms with Crippen molar-refractivity contribution in [1.82, 2.24) is 0 Å². The first-order chi connectivity index (χ1) is 5.17. The highest BCUT2D eigenvalue weighted by Gasteiger charge is 2.04. The summed E-state index contributed by atoms with van der Waals surface area (Å²) in [6.07, 6.45) is 0. The quantitative estimate of drug-likeness (QED) is 0.723. The van der Waals surface area contributed by atoms with E-state index in [2.05, 4.69) is 0 Å². The molecule has 2 nitrogen and oxygen atoms in total. The lowest BCUT2D eigenvalue weighted by Gasteiger charge is -2.02. The van der Waals surface area contributed by atoms with Gasteiger partial charge in [-0.15, -0.1) is 0 Å². The van der Waals surface area contributed by atoms with Crippen LogP contribution in [0.4, 0.5) is 0 Å². The summed E-state index contributed by atoms with van der Waals surface area (Å²) in [7, 11) is -2.50. The molecular formula is C8H11NOS. The summed E-state index contributed by atoms with van der Waals surface area (Å²) in [5, 5.41) is 0. The lowest BCUT2D eigenvalue weighted by atomic mass is 10.4. The highest BCUT2D eigenvalue weighted by atomic mass is 32.2. The van der Waals surface area contributed by atoms with Gasteiger partial charge in [-0.3, -0.25) is 0 Å². The molecule has 1 aromatic rings. The van der Waals surface area contributed by atoms with Gasteiger partial charge < -0.3 is 0 Å². The summed E-state index contributed by atoms with van der Waals surface area (Å²) in [5.74, 6) is 0.386. The highest BCUT2D eigenvalue weighted by Crippen LogP contribution is 2.09. The molecule has 0 unspecified atom stereocenters. The maximum atomic E-state index is 11.4. The van der Waals surface area contributed by atoms with E-state index in [1.807, 2.05) is 6.07 Å². The third-order valence-electron chi connectivity index (χ3n) is 1.53. The molecule has 0 aromatic heterocycles. The van der Waals surface area contributed by atoms with Gasteiger partial charge in [-0.1, -0.05) is 25.1 Å². The molecule has 11 heavy (non-hydrogen) atoms. The molecule has 0 heterocycles. The zero-order valence-corrected chi connectivity index (χ0v) is 7.23. The van der Waals surface area contributed by atoms with E-state index < -0.39 is 9.73 Å². The fourth-order valence-electron chi connectivity index (χ4n) is 0.807. The molecule has 0 aliphatic heterocycles. The van der Waals surface area contributed by atoms with Crippen LogP contribution in [0.2, 0.25) is 0 Å². The molecule has 1 rings (SSSR count). The fourth-order valence-corrected chi connectivity index (χ4v) is 1.74. The van der Waals surface area contributed by atoms with Crippen LogP contribution in [0.5, 0.6) is 0 Å². The monoisotopic (exact) mass is 169 g/mol. The minimum absolute atomic E-state index is 0.386. The van der Waals surface area contributed by atoms with Crippen LogP contribution in [-0.4, -0.2) is 9.96 Å². The molecular weight excluding hydrogens is 158 g/mol. The smallest absolute Gasteiger partial charge is 0.0723 e. The summed E-state index contributed by atoms with van der Waals surface area (Å²) in [5.41, 5.74) is 0. The summed E-state index contributed by atoms with van der Waals surface area (Å²) in [4.78, 5) is 0.627. The Morgan fingerprint density at radius 2 is 1.91 bits per heavy atom. The van der Waals surface area contributed by atoms with E-state index in [4.69, 9.17) is 4.78 Å². The SMILES string of the molecule is CC[S@@](=N)(=O)c1ccccc1. The molecule has 3 heteroatoms. The van der Waals surface area contributed by atoms with E-state index in [0.717, 1.165) is 0 Å². The average molecular weight is 169 g/mol. The predicted octanol–water partition coefficient (Wildman–Crippen LogP) is 2.11. The zero-order valence-electron chi connectivity index (χ0n) is 6.41. The zero-order chi connectivity index (χ0) is 8.32. The van der Waals surface area contributed by atoms with Crippen molar-refractivity contribution in [3.63, 3.8) is 0 Å². The van der Waals surface area contributed by atoms with Gasteiger partial charge in [0, 0.05) is 10.6 Å². The molecule has 0 aliphatic carbocycles. The average Bonchev–Trinajstić information content (AvgIpc) is 2.06. The van der Waals surface area contributed by atoms with Crippen LogP contribution in [0.15, 0.2) is 35.2 Å². The van der Waals surface area contributed by atoms with Gasteiger partial charge in [0.25, 0.3) is 0 Å². The van der Waals surface area contributed by atoms with Gasteiger partial charge in [-0.25, -0.2) is 8.99 Å². The van der Waals surface area contributed by atoms with Crippen LogP contribution in [0, 0.1) is 4.78 Å². The van der Waals surface area contributed by atoms with E-state index in [1.165, 1.54) is 0 Å². The topological polar surface area (TPSA) is 40.9 Å². The molecule has 0 fully saturated rings. The van der Waals surface area contributed by atoms with Gasteiger partial charge in [-0.2, -0.15) is 0 Å². The molecule has 60 valence electrons. The summed E-state index contributed by atoms with van der Waals surface area (Å²) in [6, 6.07) is 8.94. The molecule has 1 N–H and O–H groups in total. The van der Waals surface area contributed by atoms with Crippen LogP contribution < -0.4 is 0 Å². The lowest BCUT2D eigenvalue weighted by molar-refractivity contribution is 0.675. The minimum atomic E-state index is -2.50. The van der Waals surface area contributed by atoms with Gasteiger partial charge >= 0.3 is 0 Å². The number of rotatable bonds is 2. The summed E-state index contributed by atoms with van der Waals surface area (Å²) >= 11 is 0. The molecule has 0 saturated carbocycles. The Morgan fingerprint density at radius 1 is 1.36 bits per heavy atom. The first-order valence-electron chi connectivity index (χ1n) is 3.48. The molecule has 1 atom stereocenters.